The fraction of sp³-hybridized carbons (Fsp3) is 0.100. The molecule has 0 aliphatic rings. The van der Waals surface area contributed by atoms with Gasteiger partial charge in [-0.1, -0.05) is 24.3 Å². The van der Waals surface area contributed by atoms with E-state index >= 15 is 0 Å². The zero-order chi connectivity index (χ0) is 20.1. The van der Waals surface area contributed by atoms with Crippen molar-refractivity contribution in [2.75, 3.05) is 12.4 Å². The van der Waals surface area contributed by atoms with Gasteiger partial charge in [0.25, 0.3) is 5.91 Å². The van der Waals surface area contributed by atoms with Gasteiger partial charge in [-0.15, -0.1) is 28.2 Å². The lowest BCUT2D eigenvalue weighted by Gasteiger charge is -2.07. The van der Waals surface area contributed by atoms with E-state index in [4.69, 9.17) is 4.74 Å². The lowest BCUT2D eigenvalue weighted by atomic mass is 10.2. The fourth-order valence-electron chi connectivity index (χ4n) is 2.69. The molecule has 0 spiro atoms. The number of benzene rings is 2. The Bertz CT molecular complexity index is 1110. The molecule has 2 aromatic carbocycles. The topological polar surface area (TPSA) is 92.8 Å². The Morgan fingerprint density at radius 2 is 2.03 bits per heavy atom. The van der Waals surface area contributed by atoms with E-state index in [0.717, 1.165) is 16.2 Å². The van der Waals surface area contributed by atoms with E-state index in [-0.39, 0.29) is 11.9 Å². The van der Waals surface area contributed by atoms with Crippen molar-refractivity contribution in [2.24, 2.45) is 0 Å². The summed E-state index contributed by atoms with van der Waals surface area (Å²) in [6.07, 6.45) is 0. The molecule has 2 aromatic heterocycles. The number of hydrogen-bond acceptors (Lipinski definition) is 7. The molecule has 0 aliphatic carbocycles. The van der Waals surface area contributed by atoms with Crippen LogP contribution in [0.5, 0.6) is 5.75 Å². The van der Waals surface area contributed by atoms with Crippen molar-refractivity contribution in [3.8, 4) is 17.1 Å². The maximum atomic E-state index is 12.8. The van der Waals surface area contributed by atoms with E-state index in [1.165, 1.54) is 0 Å². The Hall–Kier alpha value is -3.17. The van der Waals surface area contributed by atoms with Crippen LogP contribution in [-0.2, 0) is 5.75 Å². The third-order valence-corrected chi connectivity index (χ3v) is 5.81. The van der Waals surface area contributed by atoms with Crippen molar-refractivity contribution in [1.29, 1.82) is 0 Å². The van der Waals surface area contributed by atoms with E-state index in [0.29, 0.717) is 22.9 Å². The van der Waals surface area contributed by atoms with E-state index < -0.39 is 0 Å². The van der Waals surface area contributed by atoms with Gasteiger partial charge in [0.1, 0.15) is 5.75 Å². The molecule has 0 atom stereocenters. The first-order valence-electron chi connectivity index (χ1n) is 8.70. The highest BCUT2D eigenvalue weighted by Crippen LogP contribution is 2.28. The molecule has 1 amide bonds. The predicted molar refractivity (Wildman–Crippen MR) is 114 cm³/mol. The van der Waals surface area contributed by atoms with Crippen molar-refractivity contribution in [1.82, 2.24) is 20.2 Å². The molecule has 0 unspecified atom stereocenters. The van der Waals surface area contributed by atoms with E-state index in [2.05, 4.69) is 25.5 Å². The number of aromatic nitrogens is 4. The monoisotopic (exact) mass is 423 g/mol. The Balaban J connectivity index is 1.50. The fourth-order valence-corrected chi connectivity index (χ4v) is 4.30. The summed E-state index contributed by atoms with van der Waals surface area (Å²) < 4.78 is 5.35. The van der Waals surface area contributed by atoms with Crippen LogP contribution >= 0.6 is 23.1 Å². The molecule has 9 heteroatoms. The average Bonchev–Trinajstić information content (AvgIpc) is 3.44. The molecule has 0 saturated heterocycles. The van der Waals surface area contributed by atoms with Crippen LogP contribution in [0, 0.1) is 0 Å². The molecule has 4 aromatic rings. The van der Waals surface area contributed by atoms with Gasteiger partial charge in [-0.3, -0.25) is 15.2 Å². The van der Waals surface area contributed by atoms with Crippen molar-refractivity contribution < 1.29 is 9.53 Å². The number of ether oxygens (including phenoxy) is 1. The molecule has 2 N–H and O–H groups in total. The minimum atomic E-state index is -0.267. The molecule has 0 saturated carbocycles. The van der Waals surface area contributed by atoms with Gasteiger partial charge in [0, 0.05) is 16.0 Å². The number of anilines is 1. The van der Waals surface area contributed by atoms with Gasteiger partial charge in [0.15, 0.2) is 5.82 Å². The second-order valence-electron chi connectivity index (χ2n) is 5.93. The molecule has 7 nitrogen and oxygen atoms in total. The third kappa shape index (κ3) is 4.47. The van der Waals surface area contributed by atoms with Crippen LogP contribution in [0.25, 0.3) is 11.4 Å². The standard InChI is InChI=1S/C20H17N5O2S2/c1-27-16-8-4-2-6-14(16)18-22-20(25-24-18)23-19(26)15-7-3-5-9-17(15)29-11-13-10-28-12-21-13/h2-10,12H,11H2,1H3,(H2,22,23,24,25,26). The Morgan fingerprint density at radius 3 is 2.86 bits per heavy atom. The summed E-state index contributed by atoms with van der Waals surface area (Å²) >= 11 is 3.13. The van der Waals surface area contributed by atoms with E-state index in [9.17, 15) is 4.79 Å². The maximum absolute atomic E-state index is 12.8. The van der Waals surface area contributed by atoms with Crippen LogP contribution in [0.4, 0.5) is 5.95 Å². The van der Waals surface area contributed by atoms with Crippen molar-refractivity contribution in [3.05, 3.63) is 70.7 Å². The molecular formula is C20H17N5O2S2. The number of carbonyl (C=O) groups is 1. The number of amides is 1. The molecule has 0 bridgehead atoms. The maximum Gasteiger partial charge on any atom is 0.259 e. The lowest BCUT2D eigenvalue weighted by molar-refractivity contribution is 0.102. The minimum absolute atomic E-state index is 0.204. The van der Waals surface area contributed by atoms with Crippen molar-refractivity contribution in [3.63, 3.8) is 0 Å². The van der Waals surface area contributed by atoms with Gasteiger partial charge in [-0.2, -0.15) is 4.98 Å². The van der Waals surface area contributed by atoms with Gasteiger partial charge in [0.2, 0.25) is 5.95 Å². The minimum Gasteiger partial charge on any atom is -0.496 e. The predicted octanol–water partition coefficient (Wildman–Crippen LogP) is 4.48. The molecule has 4 rings (SSSR count). The number of rotatable bonds is 7. The largest absolute Gasteiger partial charge is 0.496 e. The van der Waals surface area contributed by atoms with E-state index in [1.54, 1.807) is 41.8 Å². The highest BCUT2D eigenvalue weighted by molar-refractivity contribution is 7.98. The normalized spacial score (nSPS) is 10.7. The summed E-state index contributed by atoms with van der Waals surface area (Å²) in [5.41, 5.74) is 4.13. The molecule has 2 heterocycles. The van der Waals surface area contributed by atoms with Crippen LogP contribution in [0.3, 0.4) is 0 Å². The van der Waals surface area contributed by atoms with Crippen molar-refractivity contribution in [2.45, 2.75) is 10.6 Å². The van der Waals surface area contributed by atoms with Gasteiger partial charge in [-0.05, 0) is 24.3 Å². The Kier molecular flexibility index (Phi) is 5.87. The van der Waals surface area contributed by atoms with Crippen LogP contribution in [0.2, 0.25) is 0 Å². The van der Waals surface area contributed by atoms with Crippen LogP contribution < -0.4 is 10.1 Å². The quantitative estimate of drug-likeness (QED) is 0.426. The molecule has 0 aliphatic heterocycles. The average molecular weight is 424 g/mol. The first-order valence-corrected chi connectivity index (χ1v) is 10.6. The molecular weight excluding hydrogens is 406 g/mol. The molecule has 29 heavy (non-hydrogen) atoms. The van der Waals surface area contributed by atoms with Crippen LogP contribution in [-0.4, -0.2) is 33.2 Å². The zero-order valence-corrected chi connectivity index (χ0v) is 17.1. The number of nitrogens with one attached hydrogen (secondary N) is 2. The number of methoxy groups -OCH3 is 1. The smallest absolute Gasteiger partial charge is 0.259 e. The summed E-state index contributed by atoms with van der Waals surface area (Å²) in [5, 5.41) is 11.7. The Labute approximate surface area is 175 Å². The zero-order valence-electron chi connectivity index (χ0n) is 15.5. The SMILES string of the molecule is COc1ccccc1-c1nc(NC(=O)c2ccccc2SCc2cscn2)n[nH]1. The summed E-state index contributed by atoms with van der Waals surface area (Å²) in [6, 6.07) is 14.9. The van der Waals surface area contributed by atoms with Gasteiger partial charge >= 0.3 is 0 Å². The third-order valence-electron chi connectivity index (χ3n) is 4.06. The summed E-state index contributed by atoms with van der Waals surface area (Å²) in [6.45, 7) is 0. The van der Waals surface area contributed by atoms with Crippen molar-refractivity contribution >= 4 is 35.0 Å². The number of aromatic amines is 1. The second-order valence-corrected chi connectivity index (χ2v) is 7.66. The second kappa shape index (κ2) is 8.89. The van der Waals surface area contributed by atoms with Gasteiger partial charge in [0.05, 0.1) is 29.4 Å². The molecule has 0 fully saturated rings. The molecule has 0 radical (unpaired) electrons. The summed E-state index contributed by atoms with van der Waals surface area (Å²) in [5.74, 6) is 1.83. The number of H-pyrrole nitrogens is 1. The van der Waals surface area contributed by atoms with Crippen LogP contribution in [0.15, 0.2) is 64.3 Å². The van der Waals surface area contributed by atoms with Gasteiger partial charge in [-0.25, -0.2) is 4.98 Å². The number of carbonyl (C=O) groups excluding carboxylic acids is 1. The number of para-hydroxylation sites is 1. The lowest BCUT2D eigenvalue weighted by Crippen LogP contribution is -2.14. The number of hydrogen-bond donors (Lipinski definition) is 2. The summed E-state index contributed by atoms with van der Waals surface area (Å²) in [4.78, 5) is 22.3. The Morgan fingerprint density at radius 1 is 1.21 bits per heavy atom. The number of thioether (sulfide) groups is 1. The highest BCUT2D eigenvalue weighted by Gasteiger charge is 2.16. The molecule has 146 valence electrons. The highest BCUT2D eigenvalue weighted by atomic mass is 32.2. The van der Waals surface area contributed by atoms with E-state index in [1.807, 2.05) is 47.8 Å². The first-order chi connectivity index (χ1) is 14.2. The van der Waals surface area contributed by atoms with Gasteiger partial charge < -0.3 is 4.74 Å². The number of nitrogens with zero attached hydrogens (tertiary/aromatic N) is 3. The number of thiazole rings is 1. The first kappa shape index (κ1) is 19.2. The summed E-state index contributed by atoms with van der Waals surface area (Å²) in [7, 11) is 1.60. The van der Waals surface area contributed by atoms with Crippen LogP contribution in [0.1, 0.15) is 16.1 Å².